The minimum Gasteiger partial charge on any atom is -0.390 e. The molecule has 0 aromatic carbocycles. The standard InChI is InChI=1S/C9H18O2/c1-8(2,9(3,4)10)5-7-6-11-7/h7,10H,5-6H2,1-4H3. The molecule has 11 heavy (non-hydrogen) atoms. The lowest BCUT2D eigenvalue weighted by atomic mass is 9.74. The van der Waals surface area contributed by atoms with Gasteiger partial charge in [0, 0.05) is 0 Å². The van der Waals surface area contributed by atoms with Crippen LogP contribution in [-0.4, -0.2) is 23.4 Å². The first-order chi connectivity index (χ1) is 4.83. The second-order valence-electron chi connectivity index (χ2n) is 4.60. The van der Waals surface area contributed by atoms with Gasteiger partial charge in [0.25, 0.3) is 0 Å². The fourth-order valence-corrected chi connectivity index (χ4v) is 1.00. The maximum atomic E-state index is 9.77. The number of rotatable bonds is 3. The van der Waals surface area contributed by atoms with E-state index < -0.39 is 5.60 Å². The Morgan fingerprint density at radius 3 is 2.09 bits per heavy atom. The minimum absolute atomic E-state index is 0.0475. The summed E-state index contributed by atoms with van der Waals surface area (Å²) in [5.41, 5.74) is -0.660. The Hall–Kier alpha value is -0.0800. The van der Waals surface area contributed by atoms with Crippen LogP contribution in [0.25, 0.3) is 0 Å². The molecule has 1 aliphatic heterocycles. The Labute approximate surface area is 68.6 Å². The van der Waals surface area contributed by atoms with Gasteiger partial charge in [-0.05, 0) is 25.7 Å². The van der Waals surface area contributed by atoms with E-state index in [0.717, 1.165) is 13.0 Å². The molecule has 1 saturated heterocycles. The van der Waals surface area contributed by atoms with Crippen molar-refractivity contribution in [3.63, 3.8) is 0 Å². The van der Waals surface area contributed by atoms with E-state index >= 15 is 0 Å². The fraction of sp³-hybridized carbons (Fsp3) is 1.00. The van der Waals surface area contributed by atoms with Crippen LogP contribution in [0.1, 0.15) is 34.1 Å². The van der Waals surface area contributed by atoms with E-state index in [1.165, 1.54) is 0 Å². The minimum atomic E-state index is -0.612. The monoisotopic (exact) mass is 158 g/mol. The van der Waals surface area contributed by atoms with Crippen molar-refractivity contribution in [2.24, 2.45) is 5.41 Å². The molecule has 1 aliphatic rings. The largest absolute Gasteiger partial charge is 0.390 e. The van der Waals surface area contributed by atoms with Gasteiger partial charge in [0.15, 0.2) is 0 Å². The molecule has 1 unspecified atom stereocenters. The quantitative estimate of drug-likeness (QED) is 0.632. The van der Waals surface area contributed by atoms with Crippen molar-refractivity contribution in [1.82, 2.24) is 0 Å². The second kappa shape index (κ2) is 2.46. The van der Waals surface area contributed by atoms with Gasteiger partial charge in [-0.2, -0.15) is 0 Å². The lowest BCUT2D eigenvalue weighted by Crippen LogP contribution is -2.39. The van der Waals surface area contributed by atoms with Crippen LogP contribution in [0.4, 0.5) is 0 Å². The first kappa shape index (κ1) is 9.01. The van der Waals surface area contributed by atoms with E-state index in [-0.39, 0.29) is 5.41 Å². The molecule has 0 amide bonds. The van der Waals surface area contributed by atoms with Gasteiger partial charge in [-0.3, -0.25) is 0 Å². The van der Waals surface area contributed by atoms with Gasteiger partial charge < -0.3 is 9.84 Å². The predicted octanol–water partition coefficient (Wildman–Crippen LogP) is 1.57. The summed E-state index contributed by atoms with van der Waals surface area (Å²) >= 11 is 0. The molecule has 0 bridgehead atoms. The van der Waals surface area contributed by atoms with Gasteiger partial charge in [0.05, 0.1) is 18.3 Å². The zero-order valence-corrected chi connectivity index (χ0v) is 7.85. The Balaban J connectivity index is 2.49. The number of epoxide rings is 1. The van der Waals surface area contributed by atoms with Crippen LogP contribution in [0.2, 0.25) is 0 Å². The van der Waals surface area contributed by atoms with Crippen LogP contribution in [0.3, 0.4) is 0 Å². The number of aliphatic hydroxyl groups is 1. The lowest BCUT2D eigenvalue weighted by molar-refractivity contribution is -0.0426. The second-order valence-corrected chi connectivity index (χ2v) is 4.60. The molecule has 1 N–H and O–H groups in total. The Bertz CT molecular complexity index is 140. The highest BCUT2D eigenvalue weighted by molar-refractivity contribution is 4.90. The number of hydrogen-bond donors (Lipinski definition) is 1. The molecular weight excluding hydrogens is 140 g/mol. The van der Waals surface area contributed by atoms with E-state index in [4.69, 9.17) is 4.74 Å². The smallest absolute Gasteiger partial charge is 0.0816 e. The van der Waals surface area contributed by atoms with Crippen LogP contribution >= 0.6 is 0 Å². The summed E-state index contributed by atoms with van der Waals surface area (Å²) < 4.78 is 5.13. The maximum Gasteiger partial charge on any atom is 0.0816 e. The molecular formula is C9H18O2. The molecule has 0 aliphatic carbocycles. The molecule has 0 aromatic rings. The summed E-state index contributed by atoms with van der Waals surface area (Å²) in [6, 6.07) is 0. The molecule has 1 fully saturated rings. The molecule has 0 radical (unpaired) electrons. The van der Waals surface area contributed by atoms with Crippen LogP contribution in [0, 0.1) is 5.41 Å². The third-order valence-electron chi connectivity index (χ3n) is 2.80. The zero-order valence-electron chi connectivity index (χ0n) is 7.85. The van der Waals surface area contributed by atoms with E-state index in [1.807, 2.05) is 13.8 Å². The third kappa shape index (κ3) is 2.17. The highest BCUT2D eigenvalue weighted by atomic mass is 16.6. The van der Waals surface area contributed by atoms with Crippen molar-refractivity contribution in [1.29, 1.82) is 0 Å². The van der Waals surface area contributed by atoms with E-state index in [0.29, 0.717) is 6.10 Å². The van der Waals surface area contributed by atoms with Gasteiger partial charge in [-0.25, -0.2) is 0 Å². The van der Waals surface area contributed by atoms with Crippen LogP contribution in [0.5, 0.6) is 0 Å². The summed E-state index contributed by atoms with van der Waals surface area (Å²) in [5.74, 6) is 0. The zero-order chi connectivity index (χ0) is 8.70. The molecule has 2 heteroatoms. The highest BCUT2D eigenvalue weighted by Gasteiger charge is 2.40. The van der Waals surface area contributed by atoms with E-state index in [9.17, 15) is 5.11 Å². The van der Waals surface area contributed by atoms with Crippen LogP contribution in [0.15, 0.2) is 0 Å². The predicted molar refractivity (Wildman–Crippen MR) is 44.4 cm³/mol. The summed E-state index contributed by atoms with van der Waals surface area (Å²) in [4.78, 5) is 0. The first-order valence-electron chi connectivity index (χ1n) is 4.17. The molecule has 2 nitrogen and oxygen atoms in total. The summed E-state index contributed by atoms with van der Waals surface area (Å²) in [6.45, 7) is 8.74. The Morgan fingerprint density at radius 2 is 1.82 bits per heavy atom. The molecule has 1 rings (SSSR count). The fourth-order valence-electron chi connectivity index (χ4n) is 1.00. The average Bonchev–Trinajstić information content (AvgIpc) is 2.45. The molecule has 0 aromatic heterocycles. The number of ether oxygens (including phenoxy) is 1. The van der Waals surface area contributed by atoms with Gasteiger partial charge in [-0.1, -0.05) is 13.8 Å². The molecule has 0 saturated carbocycles. The lowest BCUT2D eigenvalue weighted by Gasteiger charge is -2.36. The first-order valence-corrected chi connectivity index (χ1v) is 4.17. The van der Waals surface area contributed by atoms with Crippen molar-refractivity contribution in [2.75, 3.05) is 6.61 Å². The summed E-state index contributed by atoms with van der Waals surface area (Å²) in [7, 11) is 0. The molecule has 1 heterocycles. The third-order valence-corrected chi connectivity index (χ3v) is 2.80. The van der Waals surface area contributed by atoms with Crippen molar-refractivity contribution < 1.29 is 9.84 Å². The van der Waals surface area contributed by atoms with E-state index in [2.05, 4.69) is 13.8 Å². The summed E-state index contributed by atoms with van der Waals surface area (Å²) in [6.07, 6.45) is 1.35. The topological polar surface area (TPSA) is 32.8 Å². The van der Waals surface area contributed by atoms with Crippen molar-refractivity contribution in [2.45, 2.75) is 45.8 Å². The maximum absolute atomic E-state index is 9.77. The van der Waals surface area contributed by atoms with Crippen LogP contribution < -0.4 is 0 Å². The van der Waals surface area contributed by atoms with Crippen molar-refractivity contribution in [3.05, 3.63) is 0 Å². The highest BCUT2D eigenvalue weighted by Crippen LogP contribution is 2.38. The van der Waals surface area contributed by atoms with Crippen molar-refractivity contribution >= 4 is 0 Å². The molecule has 1 atom stereocenters. The Kier molecular flexibility index (Phi) is 2.01. The Morgan fingerprint density at radius 1 is 1.36 bits per heavy atom. The van der Waals surface area contributed by atoms with Crippen molar-refractivity contribution in [3.8, 4) is 0 Å². The normalized spacial score (nSPS) is 25.4. The molecule has 0 spiro atoms. The SMILES string of the molecule is CC(C)(O)C(C)(C)CC1CO1. The average molecular weight is 158 g/mol. The van der Waals surface area contributed by atoms with Gasteiger partial charge >= 0.3 is 0 Å². The van der Waals surface area contributed by atoms with Gasteiger partial charge in [0.2, 0.25) is 0 Å². The summed E-state index contributed by atoms with van der Waals surface area (Å²) in [5, 5.41) is 9.77. The van der Waals surface area contributed by atoms with Gasteiger partial charge in [0.1, 0.15) is 0 Å². The number of hydrogen-bond acceptors (Lipinski definition) is 2. The molecule has 66 valence electrons. The van der Waals surface area contributed by atoms with Crippen LogP contribution in [-0.2, 0) is 4.74 Å². The van der Waals surface area contributed by atoms with E-state index in [1.54, 1.807) is 0 Å². The van der Waals surface area contributed by atoms with Gasteiger partial charge in [-0.15, -0.1) is 0 Å².